The van der Waals surface area contributed by atoms with E-state index in [2.05, 4.69) is 16.0 Å². The Balaban J connectivity index is 1.94. The van der Waals surface area contributed by atoms with Crippen molar-refractivity contribution in [1.82, 2.24) is 14.5 Å². The molecule has 0 unspecified atom stereocenters. The van der Waals surface area contributed by atoms with Gasteiger partial charge >= 0.3 is 0 Å². The molecule has 0 fully saturated rings. The first kappa shape index (κ1) is 10.7. The van der Waals surface area contributed by atoms with Crippen LogP contribution in [0.2, 0.25) is 0 Å². The summed E-state index contributed by atoms with van der Waals surface area (Å²) in [5.74, 6) is 1.31. The molecule has 86 valence electrons. The van der Waals surface area contributed by atoms with Crippen molar-refractivity contribution in [1.29, 1.82) is 0 Å². The van der Waals surface area contributed by atoms with Crippen molar-refractivity contribution >= 4 is 33.2 Å². The molecule has 1 aromatic carbocycles. The number of hydrogen-bond acceptors (Lipinski definition) is 3. The molecule has 0 spiro atoms. The predicted molar refractivity (Wildman–Crippen MR) is 70.5 cm³/mol. The molecule has 0 aliphatic carbocycles. The summed E-state index contributed by atoms with van der Waals surface area (Å²) in [5.41, 5.74) is 1.06. The monoisotopic (exact) mass is 263 g/mol. The molecule has 0 saturated carbocycles. The number of nitrogens with zero attached hydrogens (tertiary/aromatic N) is 3. The lowest BCUT2D eigenvalue weighted by atomic mass is 10.3. The van der Waals surface area contributed by atoms with E-state index >= 15 is 0 Å². The highest BCUT2D eigenvalue weighted by atomic mass is 35.5. The Morgan fingerprint density at radius 1 is 1.29 bits per heavy atom. The van der Waals surface area contributed by atoms with Crippen LogP contribution in [0.15, 0.2) is 36.7 Å². The summed E-state index contributed by atoms with van der Waals surface area (Å²) in [4.78, 5) is 8.78. The lowest BCUT2D eigenvalue weighted by Crippen LogP contribution is -2.02. The Bertz CT molecular complexity index is 611. The van der Waals surface area contributed by atoms with Gasteiger partial charge in [0.25, 0.3) is 0 Å². The largest absolute Gasteiger partial charge is 0.327 e. The predicted octanol–water partition coefficient (Wildman–Crippen LogP) is 3.28. The molecule has 0 aliphatic rings. The average Bonchev–Trinajstić information content (AvgIpc) is 2.94. The quantitative estimate of drug-likeness (QED) is 0.679. The van der Waals surface area contributed by atoms with E-state index in [0.29, 0.717) is 5.88 Å². The fourth-order valence-corrected chi connectivity index (χ4v) is 2.94. The maximum Gasteiger partial charge on any atom is 0.123 e. The van der Waals surface area contributed by atoms with Crippen molar-refractivity contribution in [3.05, 3.63) is 47.5 Å². The third-order valence-corrected chi connectivity index (χ3v) is 3.83. The number of para-hydroxylation sites is 1. The lowest BCUT2D eigenvalue weighted by molar-refractivity contribution is 0.751. The second-order valence-electron chi connectivity index (χ2n) is 3.68. The molecule has 3 aromatic rings. The highest BCUT2D eigenvalue weighted by molar-refractivity contribution is 7.18. The van der Waals surface area contributed by atoms with Crippen molar-refractivity contribution < 1.29 is 0 Å². The molecule has 0 radical (unpaired) electrons. The van der Waals surface area contributed by atoms with Crippen molar-refractivity contribution in [2.75, 3.05) is 0 Å². The molecule has 0 saturated heterocycles. The van der Waals surface area contributed by atoms with Crippen LogP contribution in [0.1, 0.15) is 10.8 Å². The maximum absolute atomic E-state index is 5.82. The van der Waals surface area contributed by atoms with Crippen molar-refractivity contribution in [2.24, 2.45) is 0 Å². The minimum atomic E-state index is 0.428. The van der Waals surface area contributed by atoms with Crippen LogP contribution in [0.5, 0.6) is 0 Å². The first-order chi connectivity index (χ1) is 8.36. The molecule has 17 heavy (non-hydrogen) atoms. The van der Waals surface area contributed by atoms with Crippen LogP contribution < -0.4 is 0 Å². The van der Waals surface area contributed by atoms with Crippen LogP contribution in [0.4, 0.5) is 0 Å². The summed E-state index contributed by atoms with van der Waals surface area (Å²) in [6.45, 7) is 0.738. The molecule has 2 aromatic heterocycles. The highest BCUT2D eigenvalue weighted by Gasteiger charge is 2.06. The summed E-state index contributed by atoms with van der Waals surface area (Å²) in [6, 6.07) is 8.16. The van der Waals surface area contributed by atoms with Gasteiger partial charge in [-0.25, -0.2) is 9.97 Å². The molecule has 0 N–H and O–H groups in total. The minimum Gasteiger partial charge on any atom is -0.327 e. The number of halogens is 1. The molecular formula is C12H10ClN3S. The van der Waals surface area contributed by atoms with Gasteiger partial charge in [-0.1, -0.05) is 12.1 Å². The van der Waals surface area contributed by atoms with Gasteiger partial charge in [-0.3, -0.25) is 0 Å². The van der Waals surface area contributed by atoms with E-state index in [1.165, 1.54) is 4.70 Å². The van der Waals surface area contributed by atoms with Crippen LogP contribution in [0.3, 0.4) is 0 Å². The molecule has 0 amide bonds. The maximum atomic E-state index is 5.82. The fraction of sp³-hybridized carbons (Fsp3) is 0.167. The molecule has 0 atom stereocenters. The topological polar surface area (TPSA) is 30.7 Å². The van der Waals surface area contributed by atoms with Crippen LogP contribution in [-0.4, -0.2) is 14.5 Å². The number of hydrogen-bond donors (Lipinski definition) is 0. The Morgan fingerprint density at radius 2 is 2.18 bits per heavy atom. The number of aromatic nitrogens is 3. The zero-order chi connectivity index (χ0) is 11.7. The number of alkyl halides is 1. The summed E-state index contributed by atoms with van der Waals surface area (Å²) in [5, 5.41) is 1.08. The van der Waals surface area contributed by atoms with Gasteiger partial charge in [0.15, 0.2) is 0 Å². The first-order valence-electron chi connectivity index (χ1n) is 5.27. The Hall–Kier alpha value is -1.39. The molecular weight excluding hydrogens is 254 g/mol. The van der Waals surface area contributed by atoms with Crippen LogP contribution in [-0.2, 0) is 12.4 Å². The number of benzene rings is 1. The van der Waals surface area contributed by atoms with E-state index in [0.717, 1.165) is 22.9 Å². The second-order valence-corrected chi connectivity index (χ2v) is 5.06. The van der Waals surface area contributed by atoms with Gasteiger partial charge in [-0.15, -0.1) is 22.9 Å². The standard InChI is InChI=1S/C12H10ClN3S/c13-7-11-14-5-6-16(11)8-12-15-9-3-1-2-4-10(9)17-12/h1-6H,7-8H2. The van der Waals surface area contributed by atoms with Gasteiger partial charge < -0.3 is 4.57 Å². The Morgan fingerprint density at radius 3 is 3.00 bits per heavy atom. The van der Waals surface area contributed by atoms with E-state index in [4.69, 9.17) is 11.6 Å². The van der Waals surface area contributed by atoms with E-state index < -0.39 is 0 Å². The van der Waals surface area contributed by atoms with Gasteiger partial charge in [0.2, 0.25) is 0 Å². The summed E-state index contributed by atoms with van der Waals surface area (Å²) < 4.78 is 3.25. The molecule has 3 rings (SSSR count). The number of imidazole rings is 1. The van der Waals surface area contributed by atoms with Gasteiger partial charge in [0.05, 0.1) is 22.6 Å². The normalized spacial score (nSPS) is 11.1. The van der Waals surface area contributed by atoms with Crippen LogP contribution in [0, 0.1) is 0 Å². The van der Waals surface area contributed by atoms with Crippen LogP contribution in [0.25, 0.3) is 10.2 Å². The number of thiazole rings is 1. The highest BCUT2D eigenvalue weighted by Crippen LogP contribution is 2.22. The lowest BCUT2D eigenvalue weighted by Gasteiger charge is -2.01. The zero-order valence-corrected chi connectivity index (χ0v) is 10.6. The SMILES string of the molecule is ClCc1nccn1Cc1nc2ccccc2s1. The van der Waals surface area contributed by atoms with E-state index in [9.17, 15) is 0 Å². The molecule has 3 nitrogen and oxygen atoms in total. The Kier molecular flexibility index (Phi) is 2.82. The van der Waals surface area contributed by atoms with Crippen molar-refractivity contribution in [3.8, 4) is 0 Å². The molecule has 2 heterocycles. The van der Waals surface area contributed by atoms with Crippen molar-refractivity contribution in [3.63, 3.8) is 0 Å². The van der Waals surface area contributed by atoms with Gasteiger partial charge in [-0.2, -0.15) is 0 Å². The van der Waals surface area contributed by atoms with E-state index in [-0.39, 0.29) is 0 Å². The van der Waals surface area contributed by atoms with Gasteiger partial charge in [-0.05, 0) is 12.1 Å². The smallest absolute Gasteiger partial charge is 0.123 e. The Labute approximate surface area is 108 Å². The van der Waals surface area contributed by atoms with Gasteiger partial charge in [0, 0.05) is 12.4 Å². The second kappa shape index (κ2) is 4.47. The van der Waals surface area contributed by atoms with Crippen molar-refractivity contribution in [2.45, 2.75) is 12.4 Å². The molecule has 0 aliphatic heterocycles. The fourth-order valence-electron chi connectivity index (χ4n) is 1.75. The minimum absolute atomic E-state index is 0.428. The first-order valence-corrected chi connectivity index (χ1v) is 6.62. The molecule has 5 heteroatoms. The third kappa shape index (κ3) is 2.06. The average molecular weight is 264 g/mol. The van der Waals surface area contributed by atoms with E-state index in [1.807, 2.05) is 29.0 Å². The summed E-state index contributed by atoms with van der Waals surface area (Å²) in [7, 11) is 0. The summed E-state index contributed by atoms with van der Waals surface area (Å²) in [6.07, 6.45) is 3.70. The number of fused-ring (bicyclic) bond motifs is 1. The van der Waals surface area contributed by atoms with Crippen LogP contribution >= 0.6 is 22.9 Å². The van der Waals surface area contributed by atoms with Gasteiger partial charge in [0.1, 0.15) is 10.8 Å². The third-order valence-electron chi connectivity index (χ3n) is 2.57. The zero-order valence-electron chi connectivity index (χ0n) is 9.01. The number of rotatable bonds is 3. The van der Waals surface area contributed by atoms with E-state index in [1.54, 1.807) is 17.5 Å². The molecule has 0 bridgehead atoms. The summed E-state index contributed by atoms with van der Waals surface area (Å²) >= 11 is 7.53.